The van der Waals surface area contributed by atoms with Crippen LogP contribution < -0.4 is 21.5 Å². The van der Waals surface area contributed by atoms with Gasteiger partial charge in [0.2, 0.25) is 0 Å². The summed E-state index contributed by atoms with van der Waals surface area (Å²) < 4.78 is 5.25. The van der Waals surface area contributed by atoms with Gasteiger partial charge in [-0.2, -0.15) is 0 Å². The number of aryl methyl sites for hydroxylation is 1. The molecule has 0 fully saturated rings. The van der Waals surface area contributed by atoms with E-state index in [2.05, 4.69) is 10.3 Å². The smallest absolute Gasteiger partial charge is 0.255 e. The summed E-state index contributed by atoms with van der Waals surface area (Å²) in [6.07, 6.45) is 0. The minimum absolute atomic E-state index is 0. The van der Waals surface area contributed by atoms with E-state index in [-0.39, 0.29) is 30.6 Å². The lowest BCUT2D eigenvalue weighted by Gasteiger charge is -2.07. The average Bonchev–Trinajstić information content (AvgIpc) is 2.54. The van der Waals surface area contributed by atoms with Crippen molar-refractivity contribution in [2.75, 3.05) is 11.9 Å². The number of nitrogens with one attached hydrogen (secondary N) is 1. The Morgan fingerprint density at radius 1 is 1.17 bits per heavy atom. The Bertz CT molecular complexity index is 702. The first-order valence-electron chi connectivity index (χ1n) is 7.16. The van der Waals surface area contributed by atoms with Crippen LogP contribution in [0.3, 0.4) is 0 Å². The van der Waals surface area contributed by atoms with Crippen LogP contribution >= 0.6 is 24.0 Å². The van der Waals surface area contributed by atoms with Crippen LogP contribution in [0, 0.1) is 6.92 Å². The number of ether oxygens (including phenoxy) is 1. The summed E-state index contributed by atoms with van der Waals surface area (Å²) in [4.78, 5) is 15.0. The molecule has 0 unspecified atom stereocenters. The molecule has 2 aromatic rings. The van der Waals surface area contributed by atoms with Gasteiger partial charge in [0.25, 0.3) is 5.91 Å². The third-order valence-electron chi connectivity index (χ3n) is 3.04. The van der Waals surface area contributed by atoms with Crippen molar-refractivity contribution in [2.45, 2.75) is 13.5 Å². The van der Waals surface area contributed by atoms with Crippen LogP contribution in [0.4, 0.5) is 5.69 Å². The summed E-state index contributed by atoms with van der Waals surface area (Å²) in [5.74, 6) is 0.388. The van der Waals surface area contributed by atoms with Gasteiger partial charge < -0.3 is 21.5 Å². The fraction of sp³-hybridized carbons (Fsp3) is 0.176. The van der Waals surface area contributed by atoms with E-state index in [1.54, 1.807) is 12.1 Å². The summed E-state index contributed by atoms with van der Waals surface area (Å²) in [6.45, 7) is 2.27. The molecule has 0 aromatic heterocycles. The van der Waals surface area contributed by atoms with Crippen molar-refractivity contribution < 1.29 is 9.53 Å². The van der Waals surface area contributed by atoms with E-state index in [0.717, 1.165) is 11.3 Å². The van der Waals surface area contributed by atoms with Crippen molar-refractivity contribution >= 4 is 41.5 Å². The van der Waals surface area contributed by atoms with Crippen LogP contribution in [0.25, 0.3) is 0 Å². The first kappa shape index (κ1) is 19.8. The number of carbonyl (C=O) groups excluding carboxylic acids is 1. The van der Waals surface area contributed by atoms with Gasteiger partial charge in [-0.05, 0) is 36.8 Å². The Hall–Kier alpha value is -2.29. The largest absolute Gasteiger partial charge is 0.484 e. The van der Waals surface area contributed by atoms with Crippen molar-refractivity contribution in [3.63, 3.8) is 0 Å². The zero-order chi connectivity index (χ0) is 16.7. The zero-order valence-corrected chi connectivity index (χ0v) is 15.7. The Morgan fingerprint density at radius 3 is 2.54 bits per heavy atom. The SMILES string of the molecule is Cc1ccc(NC(N)=NCc2cccc(OCC(N)=O)c2)cc1.I. The Balaban J connectivity index is 0.00000288. The molecule has 7 heteroatoms. The zero-order valence-electron chi connectivity index (χ0n) is 13.4. The second-order valence-electron chi connectivity index (χ2n) is 5.09. The average molecular weight is 440 g/mol. The van der Waals surface area contributed by atoms with Gasteiger partial charge in [-0.15, -0.1) is 24.0 Å². The van der Waals surface area contributed by atoms with E-state index in [1.807, 2.05) is 43.3 Å². The number of aliphatic imine (C=N–C) groups is 1. The maximum absolute atomic E-state index is 10.7. The number of guanidine groups is 1. The number of rotatable bonds is 6. The van der Waals surface area contributed by atoms with E-state index >= 15 is 0 Å². The highest BCUT2D eigenvalue weighted by atomic mass is 127. The Kier molecular flexibility index (Phi) is 8.03. The van der Waals surface area contributed by atoms with Gasteiger partial charge in [0.1, 0.15) is 5.75 Å². The number of carbonyl (C=O) groups is 1. The van der Waals surface area contributed by atoms with Gasteiger partial charge in [0.15, 0.2) is 12.6 Å². The molecular formula is C17H21IN4O2. The van der Waals surface area contributed by atoms with Crippen molar-refractivity contribution in [1.82, 2.24) is 0 Å². The lowest BCUT2D eigenvalue weighted by atomic mass is 10.2. The quantitative estimate of drug-likeness (QED) is 0.365. The molecule has 0 atom stereocenters. The third-order valence-corrected chi connectivity index (χ3v) is 3.04. The van der Waals surface area contributed by atoms with Crippen LogP contribution in [-0.4, -0.2) is 18.5 Å². The van der Waals surface area contributed by atoms with E-state index < -0.39 is 5.91 Å². The van der Waals surface area contributed by atoms with Crippen molar-refractivity contribution in [3.8, 4) is 5.75 Å². The van der Waals surface area contributed by atoms with E-state index in [0.29, 0.717) is 18.3 Å². The predicted octanol–water partition coefficient (Wildman–Crippen LogP) is 2.40. The number of hydrogen-bond acceptors (Lipinski definition) is 3. The van der Waals surface area contributed by atoms with Gasteiger partial charge in [-0.1, -0.05) is 29.8 Å². The first-order chi connectivity index (χ1) is 11.0. The van der Waals surface area contributed by atoms with Gasteiger partial charge in [-0.3, -0.25) is 4.79 Å². The fourth-order valence-corrected chi connectivity index (χ4v) is 1.89. The molecule has 128 valence electrons. The van der Waals surface area contributed by atoms with Crippen LogP contribution in [0.15, 0.2) is 53.5 Å². The number of nitrogens with two attached hydrogens (primary N) is 2. The number of nitrogens with zero attached hydrogens (tertiary/aromatic N) is 1. The topological polar surface area (TPSA) is 103 Å². The summed E-state index contributed by atoms with van der Waals surface area (Å²) >= 11 is 0. The van der Waals surface area contributed by atoms with Crippen LogP contribution in [-0.2, 0) is 11.3 Å². The maximum Gasteiger partial charge on any atom is 0.255 e. The van der Waals surface area contributed by atoms with Gasteiger partial charge in [-0.25, -0.2) is 4.99 Å². The molecule has 0 aliphatic carbocycles. The van der Waals surface area contributed by atoms with Crippen molar-refractivity contribution in [2.24, 2.45) is 16.5 Å². The maximum atomic E-state index is 10.7. The van der Waals surface area contributed by atoms with Gasteiger partial charge in [0.05, 0.1) is 6.54 Å². The molecule has 6 nitrogen and oxygen atoms in total. The molecule has 24 heavy (non-hydrogen) atoms. The highest BCUT2D eigenvalue weighted by molar-refractivity contribution is 14.0. The molecule has 2 rings (SSSR count). The molecule has 0 saturated heterocycles. The highest BCUT2D eigenvalue weighted by Crippen LogP contribution is 2.14. The summed E-state index contributed by atoms with van der Waals surface area (Å²) in [5, 5.41) is 3.03. The first-order valence-corrected chi connectivity index (χ1v) is 7.16. The highest BCUT2D eigenvalue weighted by Gasteiger charge is 2.00. The molecule has 0 aliphatic rings. The molecule has 0 bridgehead atoms. The summed E-state index contributed by atoms with van der Waals surface area (Å²) in [6, 6.07) is 15.1. The van der Waals surface area contributed by atoms with Gasteiger partial charge >= 0.3 is 0 Å². The second kappa shape index (κ2) is 9.76. The van der Waals surface area contributed by atoms with Gasteiger partial charge in [0, 0.05) is 5.69 Å². The van der Waals surface area contributed by atoms with Crippen molar-refractivity contribution in [3.05, 3.63) is 59.7 Å². The number of halogens is 1. The minimum Gasteiger partial charge on any atom is -0.484 e. The summed E-state index contributed by atoms with van der Waals surface area (Å²) in [5.41, 5.74) is 13.9. The predicted molar refractivity (Wildman–Crippen MR) is 107 cm³/mol. The molecule has 5 N–H and O–H groups in total. The normalized spacial score (nSPS) is 10.6. The van der Waals surface area contributed by atoms with E-state index in [1.165, 1.54) is 5.56 Å². The fourth-order valence-electron chi connectivity index (χ4n) is 1.89. The van der Waals surface area contributed by atoms with Crippen LogP contribution in [0.2, 0.25) is 0 Å². The minimum atomic E-state index is -0.514. The molecule has 2 aromatic carbocycles. The molecule has 0 aliphatic heterocycles. The second-order valence-corrected chi connectivity index (χ2v) is 5.09. The number of primary amides is 1. The number of amides is 1. The number of benzene rings is 2. The molecule has 0 saturated carbocycles. The Morgan fingerprint density at radius 2 is 1.88 bits per heavy atom. The van der Waals surface area contributed by atoms with E-state index in [4.69, 9.17) is 16.2 Å². The monoisotopic (exact) mass is 440 g/mol. The Labute approximate surface area is 158 Å². The number of hydrogen-bond donors (Lipinski definition) is 3. The van der Waals surface area contributed by atoms with Crippen molar-refractivity contribution in [1.29, 1.82) is 0 Å². The summed E-state index contributed by atoms with van der Waals surface area (Å²) in [7, 11) is 0. The lowest BCUT2D eigenvalue weighted by Crippen LogP contribution is -2.22. The molecule has 0 spiro atoms. The molecular weight excluding hydrogens is 419 g/mol. The standard InChI is InChI=1S/C17H20N4O2.HI/c1-12-5-7-14(8-6-12)21-17(19)20-10-13-3-2-4-15(9-13)23-11-16(18)22;/h2-9H,10-11H2,1H3,(H2,18,22)(H3,19,20,21);1H. The van der Waals surface area contributed by atoms with Crippen LogP contribution in [0.1, 0.15) is 11.1 Å². The van der Waals surface area contributed by atoms with Crippen LogP contribution in [0.5, 0.6) is 5.75 Å². The molecule has 0 radical (unpaired) electrons. The lowest BCUT2D eigenvalue weighted by molar-refractivity contribution is -0.119. The van der Waals surface area contributed by atoms with E-state index in [9.17, 15) is 4.79 Å². The third kappa shape index (κ3) is 6.86. The molecule has 0 heterocycles. The number of anilines is 1. The molecule has 1 amide bonds.